The van der Waals surface area contributed by atoms with Gasteiger partial charge in [-0.3, -0.25) is 9.59 Å². The number of terminal acetylenes is 1. The Morgan fingerprint density at radius 3 is 2.29 bits per heavy atom. The number of hydrogen-bond donors (Lipinski definition) is 1. The summed E-state index contributed by atoms with van der Waals surface area (Å²) in [6.07, 6.45) is 5.28. The molecular formula is C13H20N2O2. The fourth-order valence-corrected chi connectivity index (χ4v) is 2.15. The molecule has 0 radical (unpaired) electrons. The minimum absolute atomic E-state index is 0.0559. The highest BCUT2D eigenvalue weighted by Crippen LogP contribution is 2.20. The zero-order valence-electron chi connectivity index (χ0n) is 10.9. The molecule has 0 aliphatic carbocycles. The molecule has 0 aromatic rings. The second-order valence-electron chi connectivity index (χ2n) is 5.09. The Bertz CT molecular complexity index is 355. The lowest BCUT2D eigenvalue weighted by Gasteiger charge is -2.41. The van der Waals surface area contributed by atoms with Gasteiger partial charge in [0.15, 0.2) is 0 Å². The molecule has 17 heavy (non-hydrogen) atoms. The van der Waals surface area contributed by atoms with Gasteiger partial charge in [-0.2, -0.15) is 0 Å². The smallest absolute Gasteiger partial charge is 0.246 e. The van der Waals surface area contributed by atoms with Crippen molar-refractivity contribution in [3.05, 3.63) is 0 Å². The molecule has 0 spiro atoms. The van der Waals surface area contributed by atoms with Crippen LogP contribution >= 0.6 is 0 Å². The van der Waals surface area contributed by atoms with Gasteiger partial charge in [0, 0.05) is 0 Å². The molecule has 0 bridgehead atoms. The molecule has 0 saturated carbocycles. The molecule has 1 aliphatic rings. The highest BCUT2D eigenvalue weighted by molar-refractivity contribution is 5.97. The zero-order valence-corrected chi connectivity index (χ0v) is 10.9. The normalized spacial score (nSPS) is 25.1. The van der Waals surface area contributed by atoms with Crippen LogP contribution in [0.25, 0.3) is 0 Å². The van der Waals surface area contributed by atoms with Gasteiger partial charge in [-0.05, 0) is 11.8 Å². The molecule has 94 valence electrons. The molecule has 1 rings (SSSR count). The van der Waals surface area contributed by atoms with Gasteiger partial charge in [-0.15, -0.1) is 6.42 Å². The number of hydrogen-bond acceptors (Lipinski definition) is 2. The first kappa shape index (κ1) is 13.6. The standard InChI is InChI=1S/C13H20N2O2/c1-6-7-15-11(9(4)5)12(16)14-10(8(2)3)13(15)17/h1,8-11H,7H2,2-5H3,(H,14,16). The first-order valence-corrected chi connectivity index (χ1v) is 5.94. The molecular weight excluding hydrogens is 216 g/mol. The molecule has 4 heteroatoms. The van der Waals surface area contributed by atoms with Gasteiger partial charge in [-0.25, -0.2) is 0 Å². The average molecular weight is 236 g/mol. The zero-order chi connectivity index (χ0) is 13.2. The van der Waals surface area contributed by atoms with E-state index in [1.54, 1.807) is 0 Å². The van der Waals surface area contributed by atoms with Crippen molar-refractivity contribution in [1.29, 1.82) is 0 Å². The van der Waals surface area contributed by atoms with E-state index >= 15 is 0 Å². The fraction of sp³-hybridized carbons (Fsp3) is 0.692. The van der Waals surface area contributed by atoms with Crippen LogP contribution in [0.4, 0.5) is 0 Å². The Hall–Kier alpha value is -1.50. The van der Waals surface area contributed by atoms with Crippen LogP contribution in [0.2, 0.25) is 0 Å². The summed E-state index contributed by atoms with van der Waals surface area (Å²) in [5.74, 6) is 2.41. The lowest BCUT2D eigenvalue weighted by atomic mass is 9.93. The van der Waals surface area contributed by atoms with Crippen LogP contribution in [0.5, 0.6) is 0 Å². The minimum Gasteiger partial charge on any atom is -0.342 e. The fourth-order valence-electron chi connectivity index (χ4n) is 2.15. The predicted molar refractivity (Wildman–Crippen MR) is 65.9 cm³/mol. The molecule has 0 aromatic heterocycles. The maximum atomic E-state index is 12.2. The summed E-state index contributed by atoms with van der Waals surface area (Å²) in [4.78, 5) is 25.8. The SMILES string of the molecule is C#CCN1C(=O)C(C(C)C)NC(=O)C1C(C)C. The van der Waals surface area contributed by atoms with Crippen LogP contribution in [-0.4, -0.2) is 35.3 Å². The maximum Gasteiger partial charge on any atom is 0.246 e. The van der Waals surface area contributed by atoms with E-state index in [4.69, 9.17) is 6.42 Å². The van der Waals surface area contributed by atoms with Gasteiger partial charge >= 0.3 is 0 Å². The van der Waals surface area contributed by atoms with Crippen LogP contribution in [0.3, 0.4) is 0 Å². The lowest BCUT2D eigenvalue weighted by Crippen LogP contribution is -2.66. The van der Waals surface area contributed by atoms with E-state index in [2.05, 4.69) is 11.2 Å². The van der Waals surface area contributed by atoms with Gasteiger partial charge in [0.05, 0.1) is 6.54 Å². The molecule has 2 atom stereocenters. The largest absolute Gasteiger partial charge is 0.342 e. The highest BCUT2D eigenvalue weighted by atomic mass is 16.2. The van der Waals surface area contributed by atoms with Crippen LogP contribution in [0, 0.1) is 24.2 Å². The number of nitrogens with zero attached hydrogens (tertiary/aromatic N) is 1. The minimum atomic E-state index is -0.453. The Morgan fingerprint density at radius 1 is 1.29 bits per heavy atom. The summed E-state index contributed by atoms with van der Waals surface area (Å²) in [6.45, 7) is 7.84. The molecule has 0 aromatic carbocycles. The van der Waals surface area contributed by atoms with E-state index in [1.807, 2.05) is 27.7 Å². The lowest BCUT2D eigenvalue weighted by molar-refractivity contribution is -0.151. The summed E-state index contributed by atoms with van der Waals surface area (Å²) in [5, 5.41) is 2.79. The van der Waals surface area contributed by atoms with Crippen LogP contribution < -0.4 is 5.32 Å². The number of nitrogens with one attached hydrogen (secondary N) is 1. The molecule has 4 nitrogen and oxygen atoms in total. The quantitative estimate of drug-likeness (QED) is 0.731. The van der Waals surface area contributed by atoms with Crippen molar-refractivity contribution >= 4 is 11.8 Å². The first-order chi connectivity index (χ1) is 7.90. The molecule has 1 fully saturated rings. The number of piperazine rings is 1. The summed E-state index contributed by atoms with van der Waals surface area (Å²) in [7, 11) is 0. The van der Waals surface area contributed by atoms with Gasteiger partial charge in [-0.1, -0.05) is 33.6 Å². The number of rotatable bonds is 3. The van der Waals surface area contributed by atoms with Crippen molar-refractivity contribution in [2.24, 2.45) is 11.8 Å². The number of amides is 2. The first-order valence-electron chi connectivity index (χ1n) is 5.94. The van der Waals surface area contributed by atoms with Crippen molar-refractivity contribution in [2.75, 3.05) is 6.54 Å². The Labute approximate surface area is 103 Å². The monoisotopic (exact) mass is 236 g/mol. The Morgan fingerprint density at radius 2 is 1.88 bits per heavy atom. The predicted octanol–water partition coefficient (Wildman–Crippen LogP) is 0.627. The topological polar surface area (TPSA) is 49.4 Å². The van der Waals surface area contributed by atoms with Crippen molar-refractivity contribution in [3.63, 3.8) is 0 Å². The highest BCUT2D eigenvalue weighted by Gasteiger charge is 2.42. The van der Waals surface area contributed by atoms with Crippen LogP contribution in [0.1, 0.15) is 27.7 Å². The maximum absolute atomic E-state index is 12.2. The molecule has 2 amide bonds. The van der Waals surface area contributed by atoms with Crippen LogP contribution in [-0.2, 0) is 9.59 Å². The van der Waals surface area contributed by atoms with Gasteiger partial charge in [0.2, 0.25) is 11.8 Å². The number of carbonyl (C=O) groups is 2. The summed E-state index contributed by atoms with van der Waals surface area (Å²) >= 11 is 0. The van der Waals surface area contributed by atoms with E-state index in [0.717, 1.165) is 0 Å². The van der Waals surface area contributed by atoms with Crippen molar-refractivity contribution in [3.8, 4) is 12.3 Å². The third-order valence-electron chi connectivity index (χ3n) is 3.01. The summed E-state index contributed by atoms with van der Waals surface area (Å²) in [5.41, 5.74) is 0. The summed E-state index contributed by atoms with van der Waals surface area (Å²) in [6, 6.07) is -0.903. The van der Waals surface area contributed by atoms with E-state index in [9.17, 15) is 9.59 Å². The molecule has 1 aliphatic heterocycles. The van der Waals surface area contributed by atoms with E-state index in [-0.39, 0.29) is 30.2 Å². The third-order valence-corrected chi connectivity index (χ3v) is 3.01. The Kier molecular flexibility index (Phi) is 4.17. The second-order valence-corrected chi connectivity index (χ2v) is 5.09. The molecule has 1 N–H and O–H groups in total. The van der Waals surface area contributed by atoms with Crippen molar-refractivity contribution in [2.45, 2.75) is 39.8 Å². The van der Waals surface area contributed by atoms with E-state index in [1.165, 1.54) is 4.90 Å². The van der Waals surface area contributed by atoms with Gasteiger partial charge in [0.1, 0.15) is 12.1 Å². The Balaban J connectivity index is 3.02. The average Bonchev–Trinajstić information content (AvgIpc) is 2.22. The molecule has 2 unspecified atom stereocenters. The third kappa shape index (κ3) is 2.60. The summed E-state index contributed by atoms with van der Waals surface area (Å²) < 4.78 is 0. The van der Waals surface area contributed by atoms with E-state index in [0.29, 0.717) is 0 Å². The van der Waals surface area contributed by atoms with E-state index < -0.39 is 12.1 Å². The molecule has 1 heterocycles. The molecule has 1 saturated heterocycles. The second kappa shape index (κ2) is 5.22. The van der Waals surface area contributed by atoms with Crippen molar-refractivity contribution in [1.82, 2.24) is 10.2 Å². The van der Waals surface area contributed by atoms with Gasteiger partial charge < -0.3 is 10.2 Å². The van der Waals surface area contributed by atoms with Crippen LogP contribution in [0.15, 0.2) is 0 Å². The number of carbonyl (C=O) groups excluding carboxylic acids is 2. The van der Waals surface area contributed by atoms with Gasteiger partial charge in [0.25, 0.3) is 0 Å². The van der Waals surface area contributed by atoms with Crippen molar-refractivity contribution < 1.29 is 9.59 Å².